The number of hydrogen-bond acceptors (Lipinski definition) is 2. The van der Waals surface area contributed by atoms with E-state index in [1.54, 1.807) is 10.7 Å². The second kappa shape index (κ2) is 3.74. The van der Waals surface area contributed by atoms with Crippen LogP contribution in [0.1, 0.15) is 5.56 Å². The predicted molar refractivity (Wildman–Crippen MR) is 65.8 cm³/mol. The summed E-state index contributed by atoms with van der Waals surface area (Å²) in [4.78, 5) is 0. The zero-order valence-corrected chi connectivity index (χ0v) is 10.1. The standard InChI is InChI=1S/C12H11ClFN3/c1-17-12-9(4-5-15-12)11(16-17)8-3-2-7(14)6-10(8)13/h2-3,6,15H,4-5H2,1H3. The summed E-state index contributed by atoms with van der Waals surface area (Å²) >= 11 is 6.07. The summed E-state index contributed by atoms with van der Waals surface area (Å²) in [5.41, 5.74) is 2.78. The quantitative estimate of drug-likeness (QED) is 0.845. The maximum Gasteiger partial charge on any atom is 0.127 e. The van der Waals surface area contributed by atoms with Gasteiger partial charge in [0.05, 0.1) is 10.7 Å². The molecule has 0 spiro atoms. The smallest absolute Gasteiger partial charge is 0.127 e. The number of nitrogens with zero attached hydrogens (tertiary/aromatic N) is 2. The van der Waals surface area contributed by atoms with Crippen molar-refractivity contribution in [3.05, 3.63) is 34.6 Å². The Hall–Kier alpha value is -1.55. The second-order valence-corrected chi connectivity index (χ2v) is 4.51. The number of aryl methyl sites for hydroxylation is 1. The molecule has 0 aliphatic carbocycles. The molecule has 0 radical (unpaired) electrons. The number of aromatic nitrogens is 2. The highest BCUT2D eigenvalue weighted by atomic mass is 35.5. The number of hydrogen-bond donors (Lipinski definition) is 1. The molecule has 1 aromatic carbocycles. The number of rotatable bonds is 1. The van der Waals surface area contributed by atoms with E-state index in [1.165, 1.54) is 12.1 Å². The van der Waals surface area contributed by atoms with E-state index in [0.29, 0.717) is 5.02 Å². The number of benzene rings is 1. The highest BCUT2D eigenvalue weighted by molar-refractivity contribution is 6.33. The zero-order valence-electron chi connectivity index (χ0n) is 9.30. The van der Waals surface area contributed by atoms with E-state index < -0.39 is 0 Å². The molecule has 1 aromatic heterocycles. The van der Waals surface area contributed by atoms with Crippen LogP contribution in [0.3, 0.4) is 0 Å². The van der Waals surface area contributed by atoms with E-state index in [1.807, 2.05) is 7.05 Å². The Morgan fingerprint density at radius 2 is 2.29 bits per heavy atom. The first-order valence-electron chi connectivity index (χ1n) is 5.42. The number of halogens is 2. The van der Waals surface area contributed by atoms with Crippen LogP contribution < -0.4 is 5.32 Å². The largest absolute Gasteiger partial charge is 0.370 e. The molecule has 0 unspecified atom stereocenters. The van der Waals surface area contributed by atoms with Crippen molar-refractivity contribution in [3.63, 3.8) is 0 Å². The van der Waals surface area contributed by atoms with Gasteiger partial charge in [0.2, 0.25) is 0 Å². The highest BCUT2D eigenvalue weighted by Crippen LogP contribution is 2.35. The Labute approximate surface area is 103 Å². The van der Waals surface area contributed by atoms with E-state index in [-0.39, 0.29) is 5.82 Å². The summed E-state index contributed by atoms with van der Waals surface area (Å²) in [7, 11) is 1.89. The molecule has 2 aromatic rings. The van der Waals surface area contributed by atoms with Crippen molar-refractivity contribution >= 4 is 17.4 Å². The molecule has 1 aliphatic heterocycles. The van der Waals surface area contributed by atoms with Crippen LogP contribution in [0.15, 0.2) is 18.2 Å². The molecule has 2 heterocycles. The fraction of sp³-hybridized carbons (Fsp3) is 0.250. The van der Waals surface area contributed by atoms with Crippen molar-refractivity contribution in [2.75, 3.05) is 11.9 Å². The molecule has 1 aliphatic rings. The van der Waals surface area contributed by atoms with Gasteiger partial charge in [0.15, 0.2) is 0 Å². The van der Waals surface area contributed by atoms with Gasteiger partial charge in [-0.25, -0.2) is 4.39 Å². The Morgan fingerprint density at radius 3 is 3.06 bits per heavy atom. The molecule has 0 atom stereocenters. The third kappa shape index (κ3) is 1.60. The summed E-state index contributed by atoms with van der Waals surface area (Å²) in [5, 5.41) is 8.11. The van der Waals surface area contributed by atoms with Gasteiger partial charge >= 0.3 is 0 Å². The molecule has 3 rings (SSSR count). The minimum Gasteiger partial charge on any atom is -0.370 e. The number of fused-ring (bicyclic) bond motifs is 1. The van der Waals surface area contributed by atoms with Crippen molar-refractivity contribution in [3.8, 4) is 11.3 Å². The van der Waals surface area contributed by atoms with E-state index >= 15 is 0 Å². The first-order chi connectivity index (χ1) is 8.16. The fourth-order valence-electron chi connectivity index (χ4n) is 2.23. The Bertz CT molecular complexity index is 592. The lowest BCUT2D eigenvalue weighted by atomic mass is 10.1. The highest BCUT2D eigenvalue weighted by Gasteiger charge is 2.22. The fourth-order valence-corrected chi connectivity index (χ4v) is 2.49. The molecule has 0 saturated heterocycles. The van der Waals surface area contributed by atoms with Crippen molar-refractivity contribution in [2.45, 2.75) is 6.42 Å². The lowest BCUT2D eigenvalue weighted by Gasteiger charge is -2.02. The molecule has 0 amide bonds. The predicted octanol–water partition coefficient (Wildman–Crippen LogP) is 2.85. The molecule has 5 heteroatoms. The SMILES string of the molecule is Cn1nc(-c2ccc(F)cc2Cl)c2c1NCC2. The van der Waals surface area contributed by atoms with Gasteiger partial charge in [0.25, 0.3) is 0 Å². The molecule has 17 heavy (non-hydrogen) atoms. The van der Waals surface area contributed by atoms with Crippen LogP contribution in [0, 0.1) is 5.82 Å². The van der Waals surface area contributed by atoms with Crippen LogP contribution in [-0.4, -0.2) is 16.3 Å². The second-order valence-electron chi connectivity index (χ2n) is 4.10. The molecular weight excluding hydrogens is 241 g/mol. The average Bonchev–Trinajstić information content (AvgIpc) is 2.84. The Kier molecular flexibility index (Phi) is 2.33. The maximum absolute atomic E-state index is 13.0. The molecule has 88 valence electrons. The van der Waals surface area contributed by atoms with Gasteiger partial charge in [-0.1, -0.05) is 11.6 Å². The van der Waals surface area contributed by atoms with E-state index in [0.717, 1.165) is 35.6 Å². The molecule has 0 bridgehead atoms. The van der Waals surface area contributed by atoms with Gasteiger partial charge in [-0.2, -0.15) is 5.10 Å². The molecule has 1 N–H and O–H groups in total. The van der Waals surface area contributed by atoms with E-state index in [2.05, 4.69) is 10.4 Å². The van der Waals surface area contributed by atoms with Gasteiger partial charge in [0, 0.05) is 24.7 Å². The van der Waals surface area contributed by atoms with Crippen molar-refractivity contribution in [1.82, 2.24) is 9.78 Å². The van der Waals surface area contributed by atoms with Gasteiger partial charge < -0.3 is 5.32 Å². The Balaban J connectivity index is 2.19. The van der Waals surface area contributed by atoms with Crippen LogP contribution in [0.5, 0.6) is 0 Å². The topological polar surface area (TPSA) is 29.9 Å². The summed E-state index contributed by atoms with van der Waals surface area (Å²) in [5.74, 6) is 0.699. The normalized spacial score (nSPS) is 13.6. The first kappa shape index (κ1) is 10.6. The van der Waals surface area contributed by atoms with Crippen LogP contribution in [0.25, 0.3) is 11.3 Å². The number of anilines is 1. The summed E-state index contributed by atoms with van der Waals surface area (Å²) in [6, 6.07) is 4.41. The van der Waals surface area contributed by atoms with Crippen LogP contribution in [-0.2, 0) is 13.5 Å². The van der Waals surface area contributed by atoms with Crippen molar-refractivity contribution < 1.29 is 4.39 Å². The van der Waals surface area contributed by atoms with Crippen molar-refractivity contribution in [1.29, 1.82) is 0 Å². The van der Waals surface area contributed by atoms with Crippen LogP contribution in [0.2, 0.25) is 5.02 Å². The summed E-state index contributed by atoms with van der Waals surface area (Å²) < 4.78 is 14.8. The lowest BCUT2D eigenvalue weighted by molar-refractivity contribution is 0.628. The minimum atomic E-state index is -0.329. The number of nitrogens with one attached hydrogen (secondary N) is 1. The molecule has 0 fully saturated rings. The average molecular weight is 252 g/mol. The molecular formula is C12H11ClFN3. The van der Waals surface area contributed by atoms with Crippen LogP contribution >= 0.6 is 11.6 Å². The molecule has 0 saturated carbocycles. The Morgan fingerprint density at radius 1 is 1.47 bits per heavy atom. The van der Waals surface area contributed by atoms with Crippen LogP contribution in [0.4, 0.5) is 10.2 Å². The van der Waals surface area contributed by atoms with Gasteiger partial charge in [-0.15, -0.1) is 0 Å². The first-order valence-corrected chi connectivity index (χ1v) is 5.80. The summed E-state index contributed by atoms with van der Waals surface area (Å²) in [6.45, 7) is 0.910. The molecule has 3 nitrogen and oxygen atoms in total. The monoisotopic (exact) mass is 251 g/mol. The van der Waals surface area contributed by atoms with Gasteiger partial charge in [-0.3, -0.25) is 4.68 Å². The summed E-state index contributed by atoms with van der Waals surface area (Å²) in [6.07, 6.45) is 0.923. The third-order valence-electron chi connectivity index (χ3n) is 3.00. The van der Waals surface area contributed by atoms with E-state index in [9.17, 15) is 4.39 Å². The third-order valence-corrected chi connectivity index (χ3v) is 3.31. The van der Waals surface area contributed by atoms with Crippen molar-refractivity contribution in [2.24, 2.45) is 7.05 Å². The van der Waals surface area contributed by atoms with Gasteiger partial charge in [0.1, 0.15) is 11.6 Å². The van der Waals surface area contributed by atoms with E-state index in [4.69, 9.17) is 11.6 Å². The lowest BCUT2D eigenvalue weighted by Crippen LogP contribution is -2.01. The van der Waals surface area contributed by atoms with Gasteiger partial charge in [-0.05, 0) is 24.6 Å². The zero-order chi connectivity index (χ0) is 12.0. The minimum absolute atomic E-state index is 0.329. The maximum atomic E-state index is 13.0.